The second-order valence-electron chi connectivity index (χ2n) is 5.83. The van der Waals surface area contributed by atoms with Crippen LogP contribution in [-0.2, 0) is 19.2 Å². The topological polar surface area (TPSA) is 95.0 Å². The number of carbonyl (C=O) groups excluding carboxylic acids is 3. The number of hydrogen-bond acceptors (Lipinski definition) is 4. The molecule has 0 aromatic rings. The Morgan fingerprint density at radius 2 is 1.57 bits per heavy atom. The summed E-state index contributed by atoms with van der Waals surface area (Å²) < 4.78 is 0. The van der Waals surface area contributed by atoms with Crippen molar-refractivity contribution in [2.45, 2.75) is 26.7 Å². The molecule has 7 heteroatoms. The molecule has 116 valence electrons. The third kappa shape index (κ3) is 2.91. The predicted molar refractivity (Wildman–Crippen MR) is 72.0 cm³/mol. The smallest absolute Gasteiger partial charge is 0.306 e. The van der Waals surface area contributed by atoms with Gasteiger partial charge in [-0.25, -0.2) is 0 Å². The summed E-state index contributed by atoms with van der Waals surface area (Å²) in [6.07, 6.45) is 0.825. The molecule has 2 fully saturated rings. The summed E-state index contributed by atoms with van der Waals surface area (Å²) in [5, 5.41) is 8.92. The summed E-state index contributed by atoms with van der Waals surface area (Å²) >= 11 is 0. The van der Waals surface area contributed by atoms with Crippen molar-refractivity contribution in [2.24, 2.45) is 17.8 Å². The minimum Gasteiger partial charge on any atom is -0.481 e. The highest BCUT2D eigenvalue weighted by molar-refractivity contribution is 6.06. The van der Waals surface area contributed by atoms with E-state index < -0.39 is 11.9 Å². The van der Waals surface area contributed by atoms with E-state index in [4.69, 9.17) is 5.11 Å². The van der Waals surface area contributed by atoms with Gasteiger partial charge in [0.05, 0.1) is 5.92 Å². The number of carboxylic acids is 1. The number of carboxylic acid groups (broad SMARTS) is 1. The monoisotopic (exact) mass is 296 g/mol. The Kier molecular flexibility index (Phi) is 4.29. The summed E-state index contributed by atoms with van der Waals surface area (Å²) in [6, 6.07) is 0. The lowest BCUT2D eigenvalue weighted by Crippen LogP contribution is -2.46. The van der Waals surface area contributed by atoms with Crippen molar-refractivity contribution in [3.63, 3.8) is 0 Å². The molecule has 7 nitrogen and oxygen atoms in total. The number of nitrogens with zero attached hydrogens (tertiary/aromatic N) is 2. The van der Waals surface area contributed by atoms with Gasteiger partial charge in [-0.05, 0) is 12.8 Å². The van der Waals surface area contributed by atoms with Crippen LogP contribution >= 0.6 is 0 Å². The average molecular weight is 296 g/mol. The first kappa shape index (κ1) is 15.5. The first-order valence-corrected chi connectivity index (χ1v) is 7.18. The largest absolute Gasteiger partial charge is 0.481 e. The Morgan fingerprint density at radius 1 is 1.10 bits per heavy atom. The van der Waals surface area contributed by atoms with Gasteiger partial charge >= 0.3 is 5.97 Å². The molecular formula is C14H20N2O5. The number of hydrogen-bond donors (Lipinski definition) is 1. The Hall–Kier alpha value is -1.92. The number of carbonyl (C=O) groups is 4. The van der Waals surface area contributed by atoms with E-state index in [2.05, 4.69) is 0 Å². The third-order valence-electron chi connectivity index (χ3n) is 4.55. The van der Waals surface area contributed by atoms with Gasteiger partial charge in [-0.3, -0.25) is 24.1 Å². The normalized spacial score (nSPS) is 27.3. The van der Waals surface area contributed by atoms with Crippen molar-refractivity contribution >= 4 is 23.7 Å². The lowest BCUT2D eigenvalue weighted by Gasteiger charge is -2.31. The first-order chi connectivity index (χ1) is 9.82. The molecule has 2 rings (SSSR count). The minimum atomic E-state index is -0.838. The van der Waals surface area contributed by atoms with Gasteiger partial charge < -0.3 is 10.0 Å². The average Bonchev–Trinajstić information content (AvgIpc) is 2.65. The molecule has 2 aliphatic rings. The number of piperidine rings is 1. The van der Waals surface area contributed by atoms with Crippen LogP contribution in [-0.4, -0.2) is 58.2 Å². The van der Waals surface area contributed by atoms with Crippen LogP contribution in [0.2, 0.25) is 0 Å². The highest BCUT2D eigenvalue weighted by atomic mass is 16.4. The van der Waals surface area contributed by atoms with E-state index in [1.807, 2.05) is 0 Å². The van der Waals surface area contributed by atoms with E-state index in [-0.39, 0.29) is 36.1 Å². The molecule has 2 aliphatic heterocycles. The maximum absolute atomic E-state index is 12.2. The summed E-state index contributed by atoms with van der Waals surface area (Å²) in [5.74, 6) is -2.92. The summed E-state index contributed by atoms with van der Waals surface area (Å²) in [5.41, 5.74) is 0. The van der Waals surface area contributed by atoms with Gasteiger partial charge in [-0.1, -0.05) is 13.8 Å². The number of imide groups is 1. The molecule has 2 atom stereocenters. The lowest BCUT2D eigenvalue weighted by atomic mass is 9.97. The second kappa shape index (κ2) is 5.83. The molecule has 0 aromatic carbocycles. The predicted octanol–water partition coefficient (Wildman–Crippen LogP) is -0.0494. The zero-order valence-electron chi connectivity index (χ0n) is 12.2. The van der Waals surface area contributed by atoms with E-state index in [0.717, 1.165) is 4.90 Å². The molecule has 2 unspecified atom stereocenters. The zero-order valence-corrected chi connectivity index (χ0v) is 12.2. The fraction of sp³-hybridized carbons (Fsp3) is 0.714. The van der Waals surface area contributed by atoms with Gasteiger partial charge in [0.15, 0.2) is 0 Å². The fourth-order valence-electron chi connectivity index (χ4n) is 2.79. The second-order valence-corrected chi connectivity index (χ2v) is 5.83. The Bertz CT molecular complexity index is 462. The molecule has 0 spiro atoms. The summed E-state index contributed by atoms with van der Waals surface area (Å²) in [7, 11) is 0. The molecule has 0 bridgehead atoms. The fourth-order valence-corrected chi connectivity index (χ4v) is 2.79. The van der Waals surface area contributed by atoms with Crippen LogP contribution in [0.1, 0.15) is 26.7 Å². The van der Waals surface area contributed by atoms with Gasteiger partial charge in [0.2, 0.25) is 17.7 Å². The third-order valence-corrected chi connectivity index (χ3v) is 4.55. The Labute approximate surface area is 122 Å². The van der Waals surface area contributed by atoms with Crippen molar-refractivity contribution in [3.8, 4) is 0 Å². The molecule has 3 amide bonds. The maximum Gasteiger partial charge on any atom is 0.306 e. The Balaban J connectivity index is 1.92. The van der Waals surface area contributed by atoms with Gasteiger partial charge in [0, 0.05) is 24.9 Å². The maximum atomic E-state index is 12.2. The number of likely N-dealkylation sites (tertiary alicyclic amines) is 2. The van der Waals surface area contributed by atoms with Crippen molar-refractivity contribution in [3.05, 3.63) is 0 Å². The molecule has 1 N–H and O–H groups in total. The van der Waals surface area contributed by atoms with Crippen molar-refractivity contribution in [1.29, 1.82) is 0 Å². The van der Waals surface area contributed by atoms with Crippen LogP contribution in [0.4, 0.5) is 0 Å². The highest BCUT2D eigenvalue weighted by Gasteiger charge is 2.43. The van der Waals surface area contributed by atoms with Crippen LogP contribution in [0.15, 0.2) is 0 Å². The van der Waals surface area contributed by atoms with E-state index in [1.165, 1.54) is 4.90 Å². The van der Waals surface area contributed by atoms with Crippen molar-refractivity contribution < 1.29 is 24.3 Å². The number of rotatable bonds is 3. The standard InChI is InChI=1S/C14H20N2O5/c1-8-9(2)13(19)16(12(8)18)7-11(17)15-5-3-10(4-6-15)14(20)21/h8-10H,3-7H2,1-2H3,(H,20,21). The van der Waals surface area contributed by atoms with E-state index in [1.54, 1.807) is 13.8 Å². The molecule has 0 saturated carbocycles. The van der Waals surface area contributed by atoms with E-state index in [0.29, 0.717) is 25.9 Å². The van der Waals surface area contributed by atoms with Gasteiger partial charge in [-0.15, -0.1) is 0 Å². The molecular weight excluding hydrogens is 276 g/mol. The van der Waals surface area contributed by atoms with Crippen molar-refractivity contribution in [2.75, 3.05) is 19.6 Å². The molecule has 0 aromatic heterocycles. The van der Waals surface area contributed by atoms with Crippen LogP contribution in [0.5, 0.6) is 0 Å². The molecule has 2 saturated heterocycles. The van der Waals surface area contributed by atoms with E-state index >= 15 is 0 Å². The van der Waals surface area contributed by atoms with Crippen LogP contribution < -0.4 is 0 Å². The summed E-state index contributed by atoms with van der Waals surface area (Å²) in [6.45, 7) is 3.86. The Morgan fingerprint density at radius 3 is 2.00 bits per heavy atom. The molecule has 0 aliphatic carbocycles. The molecule has 2 heterocycles. The van der Waals surface area contributed by atoms with Crippen LogP contribution in [0, 0.1) is 17.8 Å². The highest BCUT2D eigenvalue weighted by Crippen LogP contribution is 2.25. The molecule has 0 radical (unpaired) electrons. The number of amides is 3. The van der Waals surface area contributed by atoms with Crippen LogP contribution in [0.3, 0.4) is 0 Å². The van der Waals surface area contributed by atoms with E-state index in [9.17, 15) is 19.2 Å². The van der Waals surface area contributed by atoms with Crippen molar-refractivity contribution in [1.82, 2.24) is 9.80 Å². The quantitative estimate of drug-likeness (QED) is 0.737. The molecule has 21 heavy (non-hydrogen) atoms. The SMILES string of the molecule is CC1C(=O)N(CC(=O)N2CCC(C(=O)O)CC2)C(=O)C1C. The summed E-state index contributed by atoms with van der Waals surface area (Å²) in [4.78, 5) is 49.5. The van der Waals surface area contributed by atoms with Gasteiger partial charge in [0.1, 0.15) is 6.54 Å². The van der Waals surface area contributed by atoms with Gasteiger partial charge in [-0.2, -0.15) is 0 Å². The first-order valence-electron chi connectivity index (χ1n) is 7.18. The van der Waals surface area contributed by atoms with Gasteiger partial charge in [0.25, 0.3) is 0 Å². The minimum absolute atomic E-state index is 0.232. The zero-order chi connectivity index (χ0) is 15.7. The van der Waals surface area contributed by atoms with Crippen LogP contribution in [0.25, 0.3) is 0 Å². The number of aliphatic carboxylic acids is 1. The lowest BCUT2D eigenvalue weighted by molar-refractivity contribution is -0.148.